The number of nitrogens with one attached hydrogen (secondary N) is 1. The van der Waals surface area contributed by atoms with E-state index in [1.807, 2.05) is 0 Å². The average molecular weight is 247 g/mol. The first-order chi connectivity index (χ1) is 7.64. The van der Waals surface area contributed by atoms with E-state index in [1.54, 1.807) is 0 Å². The van der Waals surface area contributed by atoms with E-state index >= 15 is 0 Å². The standard InChI is InChI=1S/C12H25NO2S/c1-2-3-4-5-6-7-9-13-12-8-10-16(14,15)11-12/h12-13H,2-11H2,1H3. The summed E-state index contributed by atoms with van der Waals surface area (Å²) in [6, 6.07) is 0.223. The zero-order valence-electron chi connectivity index (χ0n) is 10.4. The molecule has 1 aliphatic rings. The topological polar surface area (TPSA) is 46.2 Å². The lowest BCUT2D eigenvalue weighted by atomic mass is 10.1. The van der Waals surface area contributed by atoms with E-state index in [0.29, 0.717) is 11.5 Å². The molecule has 0 bridgehead atoms. The minimum atomic E-state index is -2.71. The lowest BCUT2D eigenvalue weighted by Crippen LogP contribution is -2.30. The molecule has 0 aromatic carbocycles. The molecule has 1 fully saturated rings. The van der Waals surface area contributed by atoms with Gasteiger partial charge < -0.3 is 5.32 Å². The monoisotopic (exact) mass is 247 g/mol. The van der Waals surface area contributed by atoms with Gasteiger partial charge in [0.15, 0.2) is 9.84 Å². The summed E-state index contributed by atoms with van der Waals surface area (Å²) in [5, 5.41) is 3.35. The van der Waals surface area contributed by atoms with Gasteiger partial charge in [0.25, 0.3) is 0 Å². The highest BCUT2D eigenvalue weighted by Crippen LogP contribution is 2.11. The summed E-state index contributed by atoms with van der Waals surface area (Å²) in [7, 11) is -2.71. The van der Waals surface area contributed by atoms with Gasteiger partial charge >= 0.3 is 0 Å². The molecule has 1 heterocycles. The maximum absolute atomic E-state index is 11.2. The summed E-state index contributed by atoms with van der Waals surface area (Å²) in [6.45, 7) is 3.20. The van der Waals surface area contributed by atoms with Gasteiger partial charge in [0.05, 0.1) is 11.5 Å². The molecule has 3 nitrogen and oxygen atoms in total. The van der Waals surface area contributed by atoms with Gasteiger partial charge in [-0.15, -0.1) is 0 Å². The third-order valence-electron chi connectivity index (χ3n) is 3.20. The van der Waals surface area contributed by atoms with Crippen LogP contribution in [0.25, 0.3) is 0 Å². The van der Waals surface area contributed by atoms with Gasteiger partial charge in [0, 0.05) is 6.04 Å². The van der Waals surface area contributed by atoms with Crippen molar-refractivity contribution in [2.24, 2.45) is 0 Å². The van der Waals surface area contributed by atoms with E-state index in [-0.39, 0.29) is 6.04 Å². The van der Waals surface area contributed by atoms with Crippen molar-refractivity contribution in [3.63, 3.8) is 0 Å². The van der Waals surface area contributed by atoms with Crippen LogP contribution in [-0.2, 0) is 9.84 Å². The predicted molar refractivity (Wildman–Crippen MR) is 68.4 cm³/mol. The minimum Gasteiger partial charge on any atom is -0.313 e. The molecule has 1 unspecified atom stereocenters. The van der Waals surface area contributed by atoms with E-state index in [2.05, 4.69) is 12.2 Å². The second-order valence-electron chi connectivity index (χ2n) is 4.82. The summed E-state index contributed by atoms with van der Waals surface area (Å²) in [6.07, 6.45) is 8.55. The van der Waals surface area contributed by atoms with Crippen molar-refractivity contribution in [2.45, 2.75) is 57.9 Å². The fourth-order valence-electron chi connectivity index (χ4n) is 2.17. The third-order valence-corrected chi connectivity index (χ3v) is 4.96. The van der Waals surface area contributed by atoms with Crippen LogP contribution in [0.2, 0.25) is 0 Å². The van der Waals surface area contributed by atoms with Gasteiger partial charge in [-0.05, 0) is 19.4 Å². The maximum Gasteiger partial charge on any atom is 0.151 e. The van der Waals surface area contributed by atoms with Crippen molar-refractivity contribution in [1.82, 2.24) is 5.32 Å². The van der Waals surface area contributed by atoms with Crippen molar-refractivity contribution >= 4 is 9.84 Å². The number of hydrogen-bond acceptors (Lipinski definition) is 3. The molecule has 0 saturated carbocycles. The Kier molecular flexibility index (Phi) is 6.36. The summed E-state index contributed by atoms with van der Waals surface area (Å²) in [5.74, 6) is 0.726. The van der Waals surface area contributed by atoms with Crippen molar-refractivity contribution in [3.05, 3.63) is 0 Å². The molecular weight excluding hydrogens is 222 g/mol. The molecular formula is C12H25NO2S. The normalized spacial score (nSPS) is 23.7. The first-order valence-corrected chi connectivity index (χ1v) is 8.40. The molecule has 1 saturated heterocycles. The molecule has 16 heavy (non-hydrogen) atoms. The van der Waals surface area contributed by atoms with E-state index in [1.165, 1.54) is 38.5 Å². The number of rotatable bonds is 8. The van der Waals surface area contributed by atoms with Crippen LogP contribution in [0.1, 0.15) is 51.9 Å². The number of unbranched alkanes of at least 4 members (excludes halogenated alkanes) is 5. The van der Waals surface area contributed by atoms with Crippen molar-refractivity contribution in [1.29, 1.82) is 0 Å². The molecule has 0 amide bonds. The lowest BCUT2D eigenvalue weighted by molar-refractivity contribution is 0.518. The Morgan fingerprint density at radius 2 is 1.81 bits per heavy atom. The molecule has 0 aliphatic carbocycles. The van der Waals surface area contributed by atoms with Crippen LogP contribution in [-0.4, -0.2) is 32.5 Å². The lowest BCUT2D eigenvalue weighted by Gasteiger charge is -2.09. The molecule has 1 aliphatic heterocycles. The molecule has 0 radical (unpaired) electrons. The Morgan fingerprint density at radius 3 is 2.44 bits per heavy atom. The number of sulfone groups is 1. The first-order valence-electron chi connectivity index (χ1n) is 6.58. The van der Waals surface area contributed by atoms with Crippen LogP contribution in [0.3, 0.4) is 0 Å². The highest BCUT2D eigenvalue weighted by atomic mass is 32.2. The number of hydrogen-bond donors (Lipinski definition) is 1. The van der Waals surface area contributed by atoms with E-state index in [4.69, 9.17) is 0 Å². The van der Waals surface area contributed by atoms with Crippen LogP contribution in [0.15, 0.2) is 0 Å². The molecule has 4 heteroatoms. The zero-order valence-corrected chi connectivity index (χ0v) is 11.2. The SMILES string of the molecule is CCCCCCCCNC1CCS(=O)(=O)C1. The summed E-state index contributed by atoms with van der Waals surface area (Å²) < 4.78 is 22.4. The molecule has 96 valence electrons. The Balaban J connectivity index is 1.92. The van der Waals surface area contributed by atoms with E-state index in [9.17, 15) is 8.42 Å². The Labute approximate surface area is 99.9 Å². The van der Waals surface area contributed by atoms with Crippen molar-refractivity contribution < 1.29 is 8.42 Å². The quantitative estimate of drug-likeness (QED) is 0.668. The molecule has 0 aromatic rings. The van der Waals surface area contributed by atoms with Crippen molar-refractivity contribution in [3.8, 4) is 0 Å². The fraction of sp³-hybridized carbons (Fsp3) is 1.00. The van der Waals surface area contributed by atoms with Crippen LogP contribution in [0, 0.1) is 0 Å². The molecule has 0 spiro atoms. The summed E-state index contributed by atoms with van der Waals surface area (Å²) >= 11 is 0. The van der Waals surface area contributed by atoms with Gasteiger partial charge in [-0.25, -0.2) is 8.42 Å². The van der Waals surface area contributed by atoms with E-state index in [0.717, 1.165) is 13.0 Å². The Hall–Kier alpha value is -0.0900. The van der Waals surface area contributed by atoms with Gasteiger partial charge in [-0.3, -0.25) is 0 Å². The van der Waals surface area contributed by atoms with Gasteiger partial charge in [0.2, 0.25) is 0 Å². The molecule has 1 atom stereocenters. The highest BCUT2D eigenvalue weighted by Gasteiger charge is 2.26. The smallest absolute Gasteiger partial charge is 0.151 e. The highest BCUT2D eigenvalue weighted by molar-refractivity contribution is 7.91. The van der Waals surface area contributed by atoms with Crippen LogP contribution < -0.4 is 5.32 Å². The largest absolute Gasteiger partial charge is 0.313 e. The molecule has 1 rings (SSSR count). The zero-order chi connectivity index (χ0) is 11.9. The van der Waals surface area contributed by atoms with Crippen LogP contribution in [0.4, 0.5) is 0 Å². The summed E-state index contributed by atoms with van der Waals surface area (Å²) in [5.41, 5.74) is 0. The van der Waals surface area contributed by atoms with Gasteiger partial charge in [0.1, 0.15) is 0 Å². The molecule has 1 N–H and O–H groups in total. The predicted octanol–water partition coefficient (Wildman–Crippen LogP) is 2.12. The summed E-state index contributed by atoms with van der Waals surface area (Å²) in [4.78, 5) is 0. The fourth-order valence-corrected chi connectivity index (χ4v) is 3.88. The average Bonchev–Trinajstić information content (AvgIpc) is 2.57. The van der Waals surface area contributed by atoms with Gasteiger partial charge in [-0.2, -0.15) is 0 Å². The Bertz CT molecular complexity index is 275. The van der Waals surface area contributed by atoms with Crippen LogP contribution >= 0.6 is 0 Å². The maximum atomic E-state index is 11.2. The minimum absolute atomic E-state index is 0.223. The van der Waals surface area contributed by atoms with Crippen molar-refractivity contribution in [2.75, 3.05) is 18.1 Å². The first kappa shape index (κ1) is 14.0. The van der Waals surface area contributed by atoms with E-state index < -0.39 is 9.84 Å². The second-order valence-corrected chi connectivity index (χ2v) is 7.05. The van der Waals surface area contributed by atoms with Gasteiger partial charge in [-0.1, -0.05) is 39.0 Å². The molecule has 0 aromatic heterocycles. The Morgan fingerprint density at radius 1 is 1.12 bits per heavy atom. The third kappa shape index (κ3) is 5.85. The van der Waals surface area contributed by atoms with Crippen LogP contribution in [0.5, 0.6) is 0 Å². The second kappa shape index (κ2) is 7.28.